The summed E-state index contributed by atoms with van der Waals surface area (Å²) in [7, 11) is 0. The van der Waals surface area contributed by atoms with Crippen molar-refractivity contribution in [3.05, 3.63) is 23.0 Å². The zero-order chi connectivity index (χ0) is 11.5. The van der Waals surface area contributed by atoms with Crippen LogP contribution in [-0.2, 0) is 9.59 Å². The van der Waals surface area contributed by atoms with E-state index in [2.05, 4.69) is 0 Å². The van der Waals surface area contributed by atoms with E-state index >= 15 is 0 Å². The average molecular weight is 226 g/mol. The smallest absolute Gasteiger partial charge is 0.156 e. The minimum Gasteiger partial charge on any atom is -0.295 e. The van der Waals surface area contributed by atoms with Crippen LogP contribution in [0.5, 0.6) is 0 Å². The second kappa shape index (κ2) is 9.71. The molecule has 0 N–H and O–H groups in total. The van der Waals surface area contributed by atoms with Crippen LogP contribution in [0.25, 0.3) is 0 Å². The van der Waals surface area contributed by atoms with E-state index in [9.17, 15) is 9.59 Å². The maximum absolute atomic E-state index is 11.1. The predicted molar refractivity (Wildman–Crippen MR) is 65.7 cm³/mol. The van der Waals surface area contributed by atoms with Crippen molar-refractivity contribution in [1.29, 1.82) is 0 Å². The molecule has 3 heteroatoms. The summed E-state index contributed by atoms with van der Waals surface area (Å²) in [6, 6.07) is 0. The predicted octanol–water partition coefficient (Wildman–Crippen LogP) is 3.49. The molecule has 0 aromatic carbocycles. The molecule has 0 aliphatic rings. The second-order valence-electron chi connectivity index (χ2n) is 3.17. The number of rotatable bonds is 8. The third kappa shape index (κ3) is 9.47. The number of hydrogen-bond acceptors (Lipinski definition) is 3. The normalized spacial score (nSPS) is 11.3. The fourth-order valence-corrected chi connectivity index (χ4v) is 1.49. The lowest BCUT2D eigenvalue weighted by Gasteiger charge is -1.88. The van der Waals surface area contributed by atoms with Gasteiger partial charge in [-0.1, -0.05) is 13.8 Å². The van der Waals surface area contributed by atoms with Crippen molar-refractivity contribution >= 4 is 23.3 Å². The number of carbonyl (C=O) groups excluding carboxylic acids is 2. The summed E-state index contributed by atoms with van der Waals surface area (Å²) in [6.45, 7) is 3.95. The van der Waals surface area contributed by atoms with Gasteiger partial charge in [0.1, 0.15) is 0 Å². The monoisotopic (exact) mass is 226 g/mol. The molecule has 0 saturated heterocycles. The van der Waals surface area contributed by atoms with Crippen LogP contribution in [0.1, 0.15) is 39.5 Å². The first-order chi connectivity index (χ1) is 7.20. The number of ketones is 2. The Bertz CT molecular complexity index is 228. The van der Waals surface area contributed by atoms with Crippen molar-refractivity contribution in [3.8, 4) is 0 Å². The molecule has 0 saturated carbocycles. The molecule has 84 valence electrons. The fourth-order valence-electron chi connectivity index (χ4n) is 0.935. The number of thioether (sulfide) groups is 1. The minimum absolute atomic E-state index is 0.137. The molecule has 0 spiro atoms. The number of carbonyl (C=O) groups is 2. The standard InChI is InChI=1S/C12H18O2S/c1-3-5-11(13)7-9-15-10-8-12(14)6-4-2/h7-10H,3-6H2,1-2H3. The molecule has 0 aliphatic heterocycles. The van der Waals surface area contributed by atoms with Gasteiger partial charge in [-0.2, -0.15) is 0 Å². The highest BCUT2D eigenvalue weighted by molar-refractivity contribution is 8.04. The summed E-state index contributed by atoms with van der Waals surface area (Å²) in [5.41, 5.74) is 0. The van der Waals surface area contributed by atoms with Gasteiger partial charge in [0.25, 0.3) is 0 Å². The van der Waals surface area contributed by atoms with Crippen LogP contribution in [-0.4, -0.2) is 11.6 Å². The van der Waals surface area contributed by atoms with Crippen LogP contribution in [0.3, 0.4) is 0 Å². The topological polar surface area (TPSA) is 34.1 Å². The lowest BCUT2D eigenvalue weighted by Crippen LogP contribution is -1.89. The van der Waals surface area contributed by atoms with Crippen molar-refractivity contribution in [3.63, 3.8) is 0 Å². The Hall–Kier alpha value is -0.830. The molecule has 0 aromatic rings. The Morgan fingerprint density at radius 2 is 1.33 bits per heavy atom. The largest absolute Gasteiger partial charge is 0.295 e. The van der Waals surface area contributed by atoms with Crippen molar-refractivity contribution in [2.24, 2.45) is 0 Å². The molecular formula is C12H18O2S. The van der Waals surface area contributed by atoms with Gasteiger partial charge in [-0.3, -0.25) is 9.59 Å². The zero-order valence-corrected chi connectivity index (χ0v) is 10.2. The molecule has 0 bridgehead atoms. The van der Waals surface area contributed by atoms with E-state index in [1.165, 1.54) is 11.8 Å². The zero-order valence-electron chi connectivity index (χ0n) is 9.36. The summed E-state index contributed by atoms with van der Waals surface area (Å²) in [6.07, 6.45) is 6.05. The van der Waals surface area contributed by atoms with E-state index in [0.717, 1.165) is 12.8 Å². The van der Waals surface area contributed by atoms with Crippen LogP contribution >= 0.6 is 11.8 Å². The lowest BCUT2D eigenvalue weighted by molar-refractivity contribution is -0.115. The summed E-state index contributed by atoms with van der Waals surface area (Å²) < 4.78 is 0. The second-order valence-corrected chi connectivity index (χ2v) is 3.99. The van der Waals surface area contributed by atoms with E-state index < -0.39 is 0 Å². The molecule has 15 heavy (non-hydrogen) atoms. The van der Waals surface area contributed by atoms with Gasteiger partial charge < -0.3 is 0 Å². The Balaban J connectivity index is 3.68. The van der Waals surface area contributed by atoms with E-state index in [1.807, 2.05) is 13.8 Å². The van der Waals surface area contributed by atoms with Crippen LogP contribution in [0.2, 0.25) is 0 Å². The summed E-state index contributed by atoms with van der Waals surface area (Å²) in [5.74, 6) is 0.275. The van der Waals surface area contributed by atoms with Crippen molar-refractivity contribution in [2.75, 3.05) is 0 Å². The maximum Gasteiger partial charge on any atom is 0.156 e. The molecule has 0 amide bonds. The van der Waals surface area contributed by atoms with Gasteiger partial charge in [-0.15, -0.1) is 11.8 Å². The van der Waals surface area contributed by atoms with Gasteiger partial charge in [0.05, 0.1) is 0 Å². The third-order valence-electron chi connectivity index (χ3n) is 1.66. The Morgan fingerprint density at radius 1 is 0.933 bits per heavy atom. The van der Waals surface area contributed by atoms with E-state index in [-0.39, 0.29) is 11.6 Å². The molecule has 0 unspecified atom stereocenters. The van der Waals surface area contributed by atoms with Crippen LogP contribution in [0.4, 0.5) is 0 Å². The quantitative estimate of drug-likeness (QED) is 0.594. The van der Waals surface area contributed by atoms with Gasteiger partial charge in [0.2, 0.25) is 0 Å². The van der Waals surface area contributed by atoms with E-state index in [0.29, 0.717) is 12.8 Å². The first kappa shape index (κ1) is 14.2. The highest BCUT2D eigenvalue weighted by Gasteiger charge is 1.93. The molecule has 0 heterocycles. The SMILES string of the molecule is CCCC(=O)C=CSC=CC(=O)CCC. The Labute approximate surface area is 95.8 Å². The first-order valence-corrected chi connectivity index (χ1v) is 6.19. The van der Waals surface area contributed by atoms with Gasteiger partial charge >= 0.3 is 0 Å². The van der Waals surface area contributed by atoms with Gasteiger partial charge in [0.15, 0.2) is 11.6 Å². The number of hydrogen-bond donors (Lipinski definition) is 0. The average Bonchev–Trinajstić information content (AvgIpc) is 2.18. The lowest BCUT2D eigenvalue weighted by atomic mass is 10.2. The Morgan fingerprint density at radius 3 is 1.67 bits per heavy atom. The Kier molecular flexibility index (Phi) is 9.18. The van der Waals surface area contributed by atoms with Gasteiger partial charge in [0, 0.05) is 12.8 Å². The van der Waals surface area contributed by atoms with Gasteiger partial charge in [-0.05, 0) is 35.8 Å². The molecule has 2 nitrogen and oxygen atoms in total. The molecule has 0 rings (SSSR count). The fraction of sp³-hybridized carbons (Fsp3) is 0.500. The molecule has 0 aliphatic carbocycles. The summed E-state index contributed by atoms with van der Waals surface area (Å²) >= 11 is 1.36. The van der Waals surface area contributed by atoms with Gasteiger partial charge in [-0.25, -0.2) is 0 Å². The van der Waals surface area contributed by atoms with Crippen molar-refractivity contribution in [2.45, 2.75) is 39.5 Å². The molecule has 0 fully saturated rings. The van der Waals surface area contributed by atoms with E-state index in [1.54, 1.807) is 23.0 Å². The first-order valence-electron chi connectivity index (χ1n) is 5.24. The molecule has 0 atom stereocenters. The highest BCUT2D eigenvalue weighted by Crippen LogP contribution is 2.05. The minimum atomic E-state index is 0.137. The van der Waals surface area contributed by atoms with Crippen LogP contribution < -0.4 is 0 Å². The number of allylic oxidation sites excluding steroid dienone is 2. The van der Waals surface area contributed by atoms with E-state index in [4.69, 9.17) is 0 Å². The summed E-state index contributed by atoms with van der Waals surface area (Å²) in [4.78, 5) is 22.1. The van der Waals surface area contributed by atoms with Crippen LogP contribution in [0.15, 0.2) is 23.0 Å². The van der Waals surface area contributed by atoms with Crippen molar-refractivity contribution in [1.82, 2.24) is 0 Å². The molecule has 0 aromatic heterocycles. The van der Waals surface area contributed by atoms with Crippen LogP contribution in [0, 0.1) is 0 Å². The molecule has 0 radical (unpaired) electrons. The summed E-state index contributed by atoms with van der Waals surface area (Å²) in [5, 5.41) is 3.43. The van der Waals surface area contributed by atoms with Crippen molar-refractivity contribution < 1.29 is 9.59 Å². The third-order valence-corrected chi connectivity index (χ3v) is 2.24. The highest BCUT2D eigenvalue weighted by atomic mass is 32.2. The maximum atomic E-state index is 11.1. The molecular weight excluding hydrogens is 208 g/mol.